The van der Waals surface area contributed by atoms with Crippen molar-refractivity contribution >= 4 is 0 Å². The van der Waals surface area contributed by atoms with Gasteiger partial charge in [-0.25, -0.2) is 4.39 Å². The Kier molecular flexibility index (Phi) is 4.18. The standard InChI is InChI=1S/C17H24FNO2/c1-21-16-6-5-15(18)10-13(16)11-19-9-8-17(20)7-3-2-4-14(17)12-19/h5-6,10,14,20H,2-4,7-9,11-12H2,1H3. The molecule has 0 amide bonds. The highest BCUT2D eigenvalue weighted by Gasteiger charge is 2.42. The largest absolute Gasteiger partial charge is 0.496 e. The molecule has 116 valence electrons. The van der Waals surface area contributed by atoms with E-state index < -0.39 is 5.60 Å². The van der Waals surface area contributed by atoms with Gasteiger partial charge in [-0.1, -0.05) is 12.8 Å². The van der Waals surface area contributed by atoms with Crippen LogP contribution in [-0.2, 0) is 6.54 Å². The first kappa shape index (κ1) is 14.8. The number of halogens is 1. The summed E-state index contributed by atoms with van der Waals surface area (Å²) in [6, 6.07) is 4.67. The number of hydrogen-bond donors (Lipinski definition) is 1. The lowest BCUT2D eigenvalue weighted by Crippen LogP contribution is -2.52. The second-order valence-corrected chi connectivity index (χ2v) is 6.49. The van der Waals surface area contributed by atoms with Gasteiger partial charge >= 0.3 is 0 Å². The summed E-state index contributed by atoms with van der Waals surface area (Å²) in [5.74, 6) is 0.873. The van der Waals surface area contributed by atoms with E-state index in [0.717, 1.165) is 50.1 Å². The molecule has 3 nitrogen and oxygen atoms in total. The average Bonchev–Trinajstić information content (AvgIpc) is 2.48. The molecule has 1 aromatic rings. The molecule has 2 fully saturated rings. The van der Waals surface area contributed by atoms with E-state index in [1.165, 1.54) is 12.5 Å². The van der Waals surface area contributed by atoms with E-state index >= 15 is 0 Å². The maximum absolute atomic E-state index is 13.5. The molecule has 1 saturated heterocycles. The van der Waals surface area contributed by atoms with Gasteiger partial charge in [-0.3, -0.25) is 4.90 Å². The highest BCUT2D eigenvalue weighted by Crippen LogP contribution is 2.40. The number of benzene rings is 1. The summed E-state index contributed by atoms with van der Waals surface area (Å²) >= 11 is 0. The average molecular weight is 293 g/mol. The van der Waals surface area contributed by atoms with Gasteiger partial charge in [0.15, 0.2) is 0 Å². The van der Waals surface area contributed by atoms with Gasteiger partial charge in [0.1, 0.15) is 11.6 Å². The van der Waals surface area contributed by atoms with Crippen LogP contribution in [0.2, 0.25) is 0 Å². The van der Waals surface area contributed by atoms with E-state index in [1.807, 2.05) is 0 Å². The lowest BCUT2D eigenvalue weighted by molar-refractivity contribution is -0.0968. The molecule has 0 radical (unpaired) electrons. The fourth-order valence-electron chi connectivity index (χ4n) is 3.89. The van der Waals surface area contributed by atoms with Gasteiger partial charge in [0.25, 0.3) is 0 Å². The van der Waals surface area contributed by atoms with E-state index in [0.29, 0.717) is 12.5 Å². The van der Waals surface area contributed by atoms with Gasteiger partial charge in [-0.05, 0) is 37.5 Å². The van der Waals surface area contributed by atoms with Crippen LogP contribution in [0, 0.1) is 11.7 Å². The summed E-state index contributed by atoms with van der Waals surface area (Å²) in [6.07, 6.45) is 5.23. The molecule has 1 heterocycles. The van der Waals surface area contributed by atoms with Crippen LogP contribution in [0.15, 0.2) is 18.2 Å². The van der Waals surface area contributed by atoms with Gasteiger partial charge in [0.05, 0.1) is 12.7 Å². The first-order valence-electron chi connectivity index (χ1n) is 7.88. The predicted molar refractivity (Wildman–Crippen MR) is 79.8 cm³/mol. The quantitative estimate of drug-likeness (QED) is 0.930. The lowest BCUT2D eigenvalue weighted by atomic mass is 9.71. The van der Waals surface area contributed by atoms with E-state index in [4.69, 9.17) is 4.74 Å². The summed E-state index contributed by atoms with van der Waals surface area (Å²) < 4.78 is 18.8. The van der Waals surface area contributed by atoms with Gasteiger partial charge < -0.3 is 9.84 Å². The first-order chi connectivity index (χ1) is 10.1. The van der Waals surface area contributed by atoms with Gasteiger partial charge in [-0.15, -0.1) is 0 Å². The molecule has 0 spiro atoms. The number of hydrogen-bond acceptors (Lipinski definition) is 3. The van der Waals surface area contributed by atoms with Crippen LogP contribution in [0.25, 0.3) is 0 Å². The predicted octanol–water partition coefficient (Wildman–Crippen LogP) is 2.96. The van der Waals surface area contributed by atoms with Gasteiger partial charge in [-0.2, -0.15) is 0 Å². The Balaban J connectivity index is 1.70. The molecule has 1 aliphatic heterocycles. The third-order valence-electron chi connectivity index (χ3n) is 5.15. The van der Waals surface area contributed by atoms with Crippen LogP contribution in [0.3, 0.4) is 0 Å². The number of fused-ring (bicyclic) bond motifs is 1. The van der Waals surface area contributed by atoms with Gasteiger partial charge in [0.2, 0.25) is 0 Å². The summed E-state index contributed by atoms with van der Waals surface area (Å²) in [6.45, 7) is 2.45. The molecular formula is C17H24FNO2. The minimum absolute atomic E-state index is 0.225. The summed E-state index contributed by atoms with van der Waals surface area (Å²) in [5.41, 5.74) is 0.430. The van der Waals surface area contributed by atoms with E-state index in [2.05, 4.69) is 4.90 Å². The van der Waals surface area contributed by atoms with Crippen molar-refractivity contribution in [3.8, 4) is 5.75 Å². The van der Waals surface area contributed by atoms with E-state index in [9.17, 15) is 9.50 Å². The van der Waals surface area contributed by atoms with Crippen molar-refractivity contribution in [3.63, 3.8) is 0 Å². The fraction of sp³-hybridized carbons (Fsp3) is 0.647. The summed E-state index contributed by atoms with van der Waals surface area (Å²) in [4.78, 5) is 2.32. The number of piperidine rings is 1. The van der Waals surface area contributed by atoms with Gasteiger partial charge in [0, 0.05) is 31.1 Å². The van der Waals surface area contributed by atoms with E-state index in [-0.39, 0.29) is 5.82 Å². The summed E-state index contributed by atoms with van der Waals surface area (Å²) in [5, 5.41) is 10.7. The molecule has 1 aliphatic carbocycles. The van der Waals surface area contributed by atoms with Crippen molar-refractivity contribution in [2.24, 2.45) is 5.92 Å². The first-order valence-corrected chi connectivity index (χ1v) is 7.88. The Morgan fingerprint density at radius 1 is 1.38 bits per heavy atom. The van der Waals surface area contributed by atoms with Crippen LogP contribution in [0.4, 0.5) is 4.39 Å². The molecule has 0 aromatic heterocycles. The lowest BCUT2D eigenvalue weighted by Gasteiger charge is -2.47. The molecule has 21 heavy (non-hydrogen) atoms. The normalized spacial score (nSPS) is 30.0. The van der Waals surface area contributed by atoms with Crippen LogP contribution in [0.1, 0.15) is 37.7 Å². The Morgan fingerprint density at radius 3 is 3.05 bits per heavy atom. The zero-order valence-electron chi connectivity index (χ0n) is 12.6. The van der Waals surface area contributed by atoms with Crippen molar-refractivity contribution in [2.75, 3.05) is 20.2 Å². The number of rotatable bonds is 3. The molecule has 0 bridgehead atoms. The highest BCUT2D eigenvalue weighted by molar-refractivity contribution is 5.33. The molecular weight excluding hydrogens is 269 g/mol. The Labute approximate surface area is 125 Å². The molecule has 1 aromatic carbocycles. The molecule has 2 aliphatic rings. The van der Waals surface area contributed by atoms with Crippen LogP contribution in [-0.4, -0.2) is 35.8 Å². The Hall–Kier alpha value is -1.13. The molecule has 1 saturated carbocycles. The minimum atomic E-state index is -0.458. The van der Waals surface area contributed by atoms with Crippen molar-refractivity contribution in [1.82, 2.24) is 4.90 Å². The molecule has 4 heteroatoms. The number of ether oxygens (including phenoxy) is 1. The summed E-state index contributed by atoms with van der Waals surface area (Å²) in [7, 11) is 1.62. The topological polar surface area (TPSA) is 32.7 Å². The monoisotopic (exact) mass is 293 g/mol. The maximum Gasteiger partial charge on any atom is 0.123 e. The van der Waals surface area contributed by atoms with Crippen molar-refractivity contribution < 1.29 is 14.2 Å². The van der Waals surface area contributed by atoms with Crippen molar-refractivity contribution in [1.29, 1.82) is 0 Å². The molecule has 3 rings (SSSR count). The zero-order valence-corrected chi connectivity index (χ0v) is 12.6. The zero-order chi connectivity index (χ0) is 14.9. The van der Waals surface area contributed by atoms with Crippen molar-refractivity contribution in [3.05, 3.63) is 29.6 Å². The number of aliphatic hydroxyl groups is 1. The SMILES string of the molecule is COc1ccc(F)cc1CN1CCC2(O)CCCCC2C1. The van der Waals surface area contributed by atoms with Crippen molar-refractivity contribution in [2.45, 2.75) is 44.2 Å². The third-order valence-corrected chi connectivity index (χ3v) is 5.15. The van der Waals surface area contributed by atoms with Crippen LogP contribution < -0.4 is 4.74 Å². The Morgan fingerprint density at radius 2 is 2.24 bits per heavy atom. The maximum atomic E-state index is 13.5. The number of likely N-dealkylation sites (tertiary alicyclic amines) is 1. The molecule has 2 atom stereocenters. The number of nitrogens with zero attached hydrogens (tertiary/aromatic N) is 1. The van der Waals surface area contributed by atoms with E-state index in [1.54, 1.807) is 19.2 Å². The Bertz CT molecular complexity index is 508. The smallest absolute Gasteiger partial charge is 0.123 e. The van der Waals surface area contributed by atoms with Crippen LogP contribution >= 0.6 is 0 Å². The third kappa shape index (κ3) is 3.06. The number of methoxy groups -OCH3 is 1. The van der Waals surface area contributed by atoms with Crippen LogP contribution in [0.5, 0.6) is 5.75 Å². The second kappa shape index (κ2) is 5.93. The molecule has 1 N–H and O–H groups in total. The molecule has 2 unspecified atom stereocenters. The second-order valence-electron chi connectivity index (χ2n) is 6.49. The minimum Gasteiger partial charge on any atom is -0.496 e. The highest BCUT2D eigenvalue weighted by atomic mass is 19.1. The fourth-order valence-corrected chi connectivity index (χ4v) is 3.89.